The van der Waals surface area contributed by atoms with E-state index in [1.807, 2.05) is 13.8 Å². The molecule has 82 heavy (non-hydrogen) atoms. The first-order chi connectivity index (χ1) is 38.4. The van der Waals surface area contributed by atoms with E-state index in [1.165, 1.54) is 21.6 Å². The third kappa shape index (κ3) is 48.1. The van der Waals surface area contributed by atoms with Gasteiger partial charge in [0.05, 0.1) is 65.4 Å². The van der Waals surface area contributed by atoms with E-state index in [1.54, 1.807) is 6.92 Å². The van der Waals surface area contributed by atoms with Crippen LogP contribution in [0, 0.1) is 17.8 Å². The third-order valence-electron chi connectivity index (χ3n) is 12.4. The van der Waals surface area contributed by atoms with Gasteiger partial charge in [0.15, 0.2) is 0 Å². The number of carbonyl (C=O) groups excluding carboxylic acids is 4. The molecule has 0 heterocycles. The number of nitrogens with one attached hydrogen (secondary N) is 1. The average molecular weight is 1180 g/mol. The number of carbonyl (C=O) groups is 13. The van der Waals surface area contributed by atoms with Crippen molar-refractivity contribution in [3.63, 3.8) is 0 Å². The highest BCUT2D eigenvalue weighted by atomic mass is 16.4. The third-order valence-corrected chi connectivity index (χ3v) is 12.4. The van der Waals surface area contributed by atoms with Crippen molar-refractivity contribution >= 4 is 77.0 Å². The summed E-state index contributed by atoms with van der Waals surface area (Å²) in [6.07, 6.45) is 6.81. The molecule has 472 valence electrons. The summed E-state index contributed by atoms with van der Waals surface area (Å²) in [5.74, 6) is -11.2. The van der Waals surface area contributed by atoms with Gasteiger partial charge in [0, 0.05) is 83.1 Å². The van der Waals surface area contributed by atoms with Crippen LogP contribution >= 0.6 is 0 Å². The van der Waals surface area contributed by atoms with Crippen molar-refractivity contribution in [2.45, 2.75) is 91.9 Å². The second-order valence-corrected chi connectivity index (χ2v) is 19.4. The van der Waals surface area contributed by atoms with Crippen LogP contribution in [0.4, 0.5) is 0 Å². The van der Waals surface area contributed by atoms with E-state index in [0.717, 1.165) is 53.2 Å². The fourth-order valence-electron chi connectivity index (χ4n) is 8.17. The van der Waals surface area contributed by atoms with E-state index in [-0.39, 0.29) is 94.8 Å². The molecule has 0 aromatic rings. The minimum absolute atomic E-state index is 0.000836. The Morgan fingerprint density at radius 1 is 0.354 bits per heavy atom. The van der Waals surface area contributed by atoms with Crippen LogP contribution < -0.4 is 16.8 Å². The van der Waals surface area contributed by atoms with Crippen LogP contribution in [0.15, 0.2) is 0 Å². The molecular weight excluding hydrogens is 1090 g/mol. The molecule has 14 N–H and O–H groups in total. The van der Waals surface area contributed by atoms with Crippen LogP contribution in [0.2, 0.25) is 0 Å². The molecule has 3 atom stereocenters. The Balaban J connectivity index is -0.00000141. The quantitative estimate of drug-likeness (QED) is 0.0296. The highest BCUT2D eigenvalue weighted by Crippen LogP contribution is 2.20. The van der Waals surface area contributed by atoms with Crippen molar-refractivity contribution in [1.29, 1.82) is 0 Å². The highest BCUT2D eigenvalue weighted by Gasteiger charge is 2.24. The SMILES string of the molecule is CC[C@H](CCCN)C(=O)CC[C@H](CCCNC(=O)CN(CCN(CCN(CC(=O)O)CC(=O)O)CC(=O)O)CC(=O)O)C(C)=O.CC[C@H](CCCN)C(C)=O.O=C(O)CN(CCN(CC(=O)O)CC(=O)O)CCN(CC(=O)O)CC(=O)O. The number of amides is 1. The Bertz CT molecular complexity index is 1910. The summed E-state index contributed by atoms with van der Waals surface area (Å²) in [4.78, 5) is 154. The van der Waals surface area contributed by atoms with Crippen molar-refractivity contribution in [2.24, 2.45) is 29.2 Å². The van der Waals surface area contributed by atoms with Crippen molar-refractivity contribution in [2.75, 3.05) is 137 Å². The highest BCUT2D eigenvalue weighted by molar-refractivity contribution is 5.83. The molecule has 0 aliphatic heterocycles. The van der Waals surface area contributed by atoms with Gasteiger partial charge in [0.1, 0.15) is 17.3 Å². The first-order valence-corrected chi connectivity index (χ1v) is 26.9. The predicted octanol–water partition coefficient (Wildman–Crippen LogP) is -1.90. The average Bonchev–Trinajstić information content (AvgIpc) is 3.35. The van der Waals surface area contributed by atoms with Gasteiger partial charge in [0.2, 0.25) is 5.91 Å². The van der Waals surface area contributed by atoms with Gasteiger partial charge in [-0.25, -0.2) is 0 Å². The summed E-state index contributed by atoms with van der Waals surface area (Å²) in [6.45, 7) is 3.44. The molecule has 1 amide bonds. The molecule has 0 aliphatic rings. The van der Waals surface area contributed by atoms with Crippen LogP contribution in [0.5, 0.6) is 0 Å². The summed E-state index contributed by atoms with van der Waals surface area (Å²) >= 11 is 0. The molecular formula is C51H91N9O22. The molecule has 0 saturated heterocycles. The molecule has 0 aromatic carbocycles. The maximum atomic E-state index is 12.6. The number of carboxylic acid groups (broad SMARTS) is 9. The molecule has 0 saturated carbocycles. The molecule has 0 aliphatic carbocycles. The Labute approximate surface area is 477 Å². The maximum Gasteiger partial charge on any atom is 0.317 e. The number of aliphatic carboxylic acids is 9. The molecule has 31 nitrogen and oxygen atoms in total. The standard InChI is InChI=1S/C29H51N5O11.C14H23N3O10.C8H17NO/c1-3-22(6-4-10-30)24(36)9-8-23(21(2)35)7-5-11-31-25(37)16-33(18-27(40)41)14-12-32(17-26(38)39)13-15-34(19-28(42)43)20-29(44)45;18-10(19)5-15(1-3-16(6-11(20)21)7-12(22)23)2-4-17(8-13(24)25)9-14(26)27;1-3-8(7(2)10)5-4-6-9/h22-23H,3-20,30H2,1-2H3,(H,31,37)(H,38,39)(H,40,41)(H,42,43)(H,44,45);1-9H2,(H,18,19)(H,20,21)(H,22,23)(H,24,25)(H,26,27);8H,3-6,9H2,1-2H3/t22-,23+;;8-/m1.1/s1. The smallest absolute Gasteiger partial charge is 0.317 e. The Kier molecular flexibility index (Phi) is 46.6. The van der Waals surface area contributed by atoms with Crippen LogP contribution in [0.25, 0.3) is 0 Å². The number of nitrogens with two attached hydrogens (primary N) is 2. The minimum atomic E-state index is -1.24. The summed E-state index contributed by atoms with van der Waals surface area (Å²) in [7, 11) is 0. The molecule has 0 bridgehead atoms. The fraction of sp³-hybridized carbons (Fsp3) is 0.745. The lowest BCUT2D eigenvalue weighted by Gasteiger charge is -2.27. The van der Waals surface area contributed by atoms with Crippen LogP contribution in [-0.2, 0) is 62.3 Å². The molecule has 0 radical (unpaired) electrons. The normalized spacial score (nSPS) is 12.2. The lowest BCUT2D eigenvalue weighted by atomic mass is 9.87. The number of carboxylic acids is 9. The molecule has 0 spiro atoms. The minimum Gasteiger partial charge on any atom is -0.480 e. The van der Waals surface area contributed by atoms with Gasteiger partial charge in [-0.3, -0.25) is 91.7 Å². The lowest BCUT2D eigenvalue weighted by molar-refractivity contribution is -0.144. The van der Waals surface area contributed by atoms with Crippen molar-refractivity contribution < 1.29 is 108 Å². The topological polar surface area (TPSA) is 487 Å². The first-order valence-electron chi connectivity index (χ1n) is 26.9. The van der Waals surface area contributed by atoms with Crippen LogP contribution in [-0.4, -0.2) is 290 Å². The zero-order chi connectivity index (χ0) is 63.3. The summed E-state index contributed by atoms with van der Waals surface area (Å²) in [5, 5.41) is 83.4. The Morgan fingerprint density at radius 3 is 0.878 bits per heavy atom. The number of rotatable bonds is 50. The fourth-order valence-corrected chi connectivity index (χ4v) is 8.17. The monoisotopic (exact) mass is 1180 g/mol. The Hall–Kier alpha value is -6.61. The van der Waals surface area contributed by atoms with Crippen LogP contribution in [0.1, 0.15) is 91.9 Å². The maximum absolute atomic E-state index is 12.6. The lowest BCUT2D eigenvalue weighted by Crippen LogP contribution is -2.46. The van der Waals surface area contributed by atoms with E-state index in [9.17, 15) is 72.5 Å². The van der Waals surface area contributed by atoms with E-state index in [4.69, 9.17) is 47.2 Å². The van der Waals surface area contributed by atoms with Crippen molar-refractivity contribution in [3.05, 3.63) is 0 Å². The van der Waals surface area contributed by atoms with Gasteiger partial charge in [-0.1, -0.05) is 13.8 Å². The molecule has 0 fully saturated rings. The van der Waals surface area contributed by atoms with E-state index in [2.05, 4.69) is 5.32 Å². The second kappa shape index (κ2) is 48.0. The van der Waals surface area contributed by atoms with E-state index in [0.29, 0.717) is 44.6 Å². The van der Waals surface area contributed by atoms with Gasteiger partial charge < -0.3 is 62.7 Å². The van der Waals surface area contributed by atoms with E-state index >= 15 is 0 Å². The van der Waals surface area contributed by atoms with Gasteiger partial charge in [-0.15, -0.1) is 0 Å². The van der Waals surface area contributed by atoms with Gasteiger partial charge in [-0.05, 0) is 84.7 Å². The van der Waals surface area contributed by atoms with Gasteiger partial charge in [0.25, 0.3) is 0 Å². The zero-order valence-electron chi connectivity index (χ0n) is 47.8. The van der Waals surface area contributed by atoms with E-state index < -0.39 is 119 Å². The largest absolute Gasteiger partial charge is 0.480 e. The molecule has 31 heteroatoms. The first kappa shape index (κ1) is 79.6. The number of hydrogen-bond donors (Lipinski definition) is 12. The number of Topliss-reactive ketones (excluding diaryl/α,β-unsaturated/α-hetero) is 3. The van der Waals surface area contributed by atoms with Crippen molar-refractivity contribution in [3.8, 4) is 0 Å². The second-order valence-electron chi connectivity index (χ2n) is 19.4. The number of nitrogens with zero attached hydrogens (tertiary/aromatic N) is 6. The Morgan fingerprint density at radius 2 is 0.610 bits per heavy atom. The summed E-state index contributed by atoms with van der Waals surface area (Å²) in [5.41, 5.74) is 10.9. The molecule has 0 rings (SSSR count). The number of ketones is 3. The molecule has 0 aromatic heterocycles. The van der Waals surface area contributed by atoms with Crippen LogP contribution in [0.3, 0.4) is 0 Å². The zero-order valence-corrected chi connectivity index (χ0v) is 47.8. The number of hydrogen-bond acceptors (Lipinski definition) is 21. The predicted molar refractivity (Wildman–Crippen MR) is 293 cm³/mol. The summed E-state index contributed by atoms with van der Waals surface area (Å²) in [6, 6.07) is 0. The molecule has 0 unspecified atom stereocenters. The van der Waals surface area contributed by atoms with Crippen molar-refractivity contribution in [1.82, 2.24) is 34.7 Å². The summed E-state index contributed by atoms with van der Waals surface area (Å²) < 4.78 is 0. The van der Waals surface area contributed by atoms with Gasteiger partial charge in [-0.2, -0.15) is 0 Å². The van der Waals surface area contributed by atoms with Gasteiger partial charge >= 0.3 is 53.7 Å².